The van der Waals surface area contributed by atoms with Gasteiger partial charge < -0.3 is 10.3 Å². The van der Waals surface area contributed by atoms with Gasteiger partial charge in [-0.15, -0.1) is 0 Å². The topological polar surface area (TPSA) is 27.8 Å². The largest absolute Gasteiger partial charge is 0.380 e. The molecule has 0 unspecified atom stereocenters. The zero-order valence-electron chi connectivity index (χ0n) is 10.4. The van der Waals surface area contributed by atoms with E-state index in [9.17, 15) is 0 Å². The highest BCUT2D eigenvalue weighted by atomic mass is 79.9. The quantitative estimate of drug-likeness (QED) is 0.557. The Hall–Kier alpha value is -1.16. The predicted molar refractivity (Wildman–Crippen MR) is 89.8 cm³/mol. The molecule has 0 saturated carbocycles. The second kappa shape index (κ2) is 5.68. The molecule has 0 radical (unpaired) electrons. The minimum Gasteiger partial charge on any atom is -0.380 e. The monoisotopic (exact) mass is 368 g/mol. The molecule has 0 saturated heterocycles. The van der Waals surface area contributed by atoms with E-state index in [1.165, 1.54) is 10.9 Å². The maximum absolute atomic E-state index is 6.22. The highest BCUT2D eigenvalue weighted by Gasteiger charge is 2.09. The first-order chi connectivity index (χ1) is 9.66. The number of hydrogen-bond donors (Lipinski definition) is 2. The third-order valence-electron chi connectivity index (χ3n) is 3.18. The molecule has 0 bridgehead atoms. The van der Waals surface area contributed by atoms with Gasteiger partial charge in [-0.05, 0) is 39.7 Å². The summed E-state index contributed by atoms with van der Waals surface area (Å²) in [6.07, 6.45) is 2.01. The van der Waals surface area contributed by atoms with Crippen molar-refractivity contribution in [1.29, 1.82) is 0 Å². The lowest BCUT2D eigenvalue weighted by Crippen LogP contribution is -1.99. The highest BCUT2D eigenvalue weighted by molar-refractivity contribution is 9.10. The standard InChI is InChI=1S/C15H11BrCl2N2/c16-11-5-6-13(15(18)14(11)17)20-8-9-7-19-12-4-2-1-3-10(9)12/h1-7,19-20H,8H2. The molecule has 1 heterocycles. The van der Waals surface area contributed by atoms with Crippen molar-refractivity contribution in [1.82, 2.24) is 4.98 Å². The highest BCUT2D eigenvalue weighted by Crippen LogP contribution is 2.36. The van der Waals surface area contributed by atoms with Crippen molar-refractivity contribution >= 4 is 55.7 Å². The minimum atomic E-state index is 0.524. The van der Waals surface area contributed by atoms with Gasteiger partial charge in [0.15, 0.2) is 0 Å². The lowest BCUT2D eigenvalue weighted by Gasteiger charge is -2.10. The molecule has 0 aliphatic heterocycles. The molecule has 0 atom stereocenters. The molecule has 20 heavy (non-hydrogen) atoms. The van der Waals surface area contributed by atoms with Gasteiger partial charge in [-0.25, -0.2) is 0 Å². The first kappa shape index (κ1) is 13.8. The van der Waals surface area contributed by atoms with Crippen LogP contribution >= 0.6 is 39.1 Å². The molecule has 0 aliphatic carbocycles. The van der Waals surface area contributed by atoms with E-state index < -0.39 is 0 Å². The molecule has 3 aromatic rings. The molecular weight excluding hydrogens is 359 g/mol. The summed E-state index contributed by atoms with van der Waals surface area (Å²) in [7, 11) is 0. The molecule has 2 N–H and O–H groups in total. The van der Waals surface area contributed by atoms with Crippen LogP contribution in [0, 0.1) is 0 Å². The van der Waals surface area contributed by atoms with Crippen molar-refractivity contribution in [2.24, 2.45) is 0 Å². The van der Waals surface area contributed by atoms with E-state index in [0.717, 1.165) is 15.7 Å². The maximum Gasteiger partial charge on any atom is 0.0835 e. The number of fused-ring (bicyclic) bond motifs is 1. The van der Waals surface area contributed by atoms with Crippen LogP contribution in [0.4, 0.5) is 5.69 Å². The summed E-state index contributed by atoms with van der Waals surface area (Å²) in [5.41, 5.74) is 3.14. The predicted octanol–water partition coefficient (Wildman–Crippen LogP) is 5.85. The summed E-state index contributed by atoms with van der Waals surface area (Å²) in [4.78, 5) is 3.25. The Morgan fingerprint density at radius 2 is 1.85 bits per heavy atom. The van der Waals surface area contributed by atoms with Crippen LogP contribution in [-0.2, 0) is 6.54 Å². The Labute approximate surface area is 135 Å². The van der Waals surface area contributed by atoms with Gasteiger partial charge in [-0.3, -0.25) is 0 Å². The van der Waals surface area contributed by atoms with Crippen molar-refractivity contribution in [3.05, 3.63) is 62.7 Å². The first-order valence-electron chi connectivity index (χ1n) is 6.09. The second-order valence-corrected chi connectivity index (χ2v) is 6.05. The van der Waals surface area contributed by atoms with Crippen molar-refractivity contribution < 1.29 is 0 Å². The van der Waals surface area contributed by atoms with Crippen LogP contribution in [0.5, 0.6) is 0 Å². The van der Waals surface area contributed by atoms with Crippen LogP contribution in [0.2, 0.25) is 10.0 Å². The molecule has 5 heteroatoms. The van der Waals surface area contributed by atoms with Crippen molar-refractivity contribution in [2.75, 3.05) is 5.32 Å². The van der Waals surface area contributed by atoms with Gasteiger partial charge in [0.05, 0.1) is 15.7 Å². The smallest absolute Gasteiger partial charge is 0.0835 e. The average Bonchev–Trinajstić information content (AvgIpc) is 2.87. The molecule has 0 spiro atoms. The number of para-hydroxylation sites is 1. The summed E-state index contributed by atoms with van der Waals surface area (Å²) in [6, 6.07) is 12.0. The van der Waals surface area contributed by atoms with Crippen LogP contribution < -0.4 is 5.32 Å². The van der Waals surface area contributed by atoms with E-state index >= 15 is 0 Å². The Balaban J connectivity index is 1.85. The normalized spacial score (nSPS) is 10.9. The van der Waals surface area contributed by atoms with E-state index in [1.54, 1.807) is 0 Å². The minimum absolute atomic E-state index is 0.524. The van der Waals surface area contributed by atoms with E-state index in [4.69, 9.17) is 23.2 Å². The fraction of sp³-hybridized carbons (Fsp3) is 0.0667. The molecule has 1 aromatic heterocycles. The summed E-state index contributed by atoms with van der Waals surface area (Å²) in [5.74, 6) is 0. The zero-order valence-corrected chi connectivity index (χ0v) is 13.5. The average molecular weight is 370 g/mol. The number of rotatable bonds is 3. The van der Waals surface area contributed by atoms with Crippen molar-refractivity contribution in [3.63, 3.8) is 0 Å². The number of anilines is 1. The molecule has 102 valence electrons. The number of hydrogen-bond acceptors (Lipinski definition) is 1. The fourth-order valence-corrected chi connectivity index (χ4v) is 2.97. The van der Waals surface area contributed by atoms with Gasteiger partial charge in [-0.1, -0.05) is 41.4 Å². The maximum atomic E-state index is 6.22. The van der Waals surface area contributed by atoms with Crippen molar-refractivity contribution in [2.45, 2.75) is 6.54 Å². The zero-order chi connectivity index (χ0) is 14.1. The molecule has 2 aromatic carbocycles. The number of aromatic amines is 1. The SMILES string of the molecule is Clc1c(Br)ccc(NCc2c[nH]c3ccccc23)c1Cl. The molecule has 2 nitrogen and oxygen atoms in total. The second-order valence-electron chi connectivity index (χ2n) is 4.44. The van der Waals surface area contributed by atoms with Crippen molar-refractivity contribution in [3.8, 4) is 0 Å². The lowest BCUT2D eigenvalue weighted by molar-refractivity contribution is 1.16. The number of halogens is 3. The van der Waals surface area contributed by atoms with Crippen LogP contribution in [0.3, 0.4) is 0 Å². The molecule has 0 fully saturated rings. The van der Waals surface area contributed by atoms with Crippen LogP contribution in [0.1, 0.15) is 5.56 Å². The summed E-state index contributed by atoms with van der Waals surface area (Å²) in [6.45, 7) is 0.682. The van der Waals surface area contributed by atoms with Crippen LogP contribution in [-0.4, -0.2) is 4.98 Å². The fourth-order valence-electron chi connectivity index (χ4n) is 2.13. The lowest BCUT2D eigenvalue weighted by atomic mass is 10.2. The van der Waals surface area contributed by atoms with Gasteiger partial charge in [0.25, 0.3) is 0 Å². The van der Waals surface area contributed by atoms with E-state index in [-0.39, 0.29) is 0 Å². The summed E-state index contributed by atoms with van der Waals surface area (Å²) < 4.78 is 0.793. The molecule has 3 rings (SSSR count). The van der Waals surface area contributed by atoms with E-state index in [1.807, 2.05) is 30.5 Å². The Morgan fingerprint density at radius 1 is 1.05 bits per heavy atom. The van der Waals surface area contributed by atoms with Crippen LogP contribution in [0.15, 0.2) is 47.1 Å². The van der Waals surface area contributed by atoms with Gasteiger partial charge in [0, 0.05) is 28.1 Å². The van der Waals surface area contributed by atoms with E-state index in [0.29, 0.717) is 16.6 Å². The summed E-state index contributed by atoms with van der Waals surface area (Å²) >= 11 is 15.7. The van der Waals surface area contributed by atoms with Gasteiger partial charge in [-0.2, -0.15) is 0 Å². The van der Waals surface area contributed by atoms with Gasteiger partial charge in [0.2, 0.25) is 0 Å². The Bertz CT molecular complexity index is 768. The third-order valence-corrected chi connectivity index (χ3v) is 4.95. The summed E-state index contributed by atoms with van der Waals surface area (Å²) in [5, 5.41) is 5.58. The van der Waals surface area contributed by atoms with E-state index in [2.05, 4.69) is 38.4 Å². The van der Waals surface area contributed by atoms with Crippen LogP contribution in [0.25, 0.3) is 10.9 Å². The number of aromatic nitrogens is 1. The number of nitrogens with one attached hydrogen (secondary N) is 2. The first-order valence-corrected chi connectivity index (χ1v) is 7.64. The molecule has 0 aliphatic rings. The number of H-pyrrole nitrogens is 1. The Morgan fingerprint density at radius 3 is 2.70 bits per heavy atom. The van der Waals surface area contributed by atoms with Gasteiger partial charge in [0.1, 0.15) is 0 Å². The molecular formula is C15H11BrCl2N2. The Kier molecular flexibility index (Phi) is 3.92. The van der Waals surface area contributed by atoms with Gasteiger partial charge >= 0.3 is 0 Å². The molecule has 0 amide bonds. The third kappa shape index (κ3) is 2.53. The number of benzene rings is 2.